The lowest BCUT2D eigenvalue weighted by molar-refractivity contribution is 0.0899. The Kier molecular flexibility index (Phi) is 3.73. The van der Waals surface area contributed by atoms with Gasteiger partial charge in [0.1, 0.15) is 0 Å². The summed E-state index contributed by atoms with van der Waals surface area (Å²) < 4.78 is 0. The number of hydrogen-bond acceptors (Lipinski definition) is 3. The van der Waals surface area contributed by atoms with Gasteiger partial charge in [-0.25, -0.2) is 4.98 Å². The third-order valence-electron chi connectivity index (χ3n) is 4.26. The highest BCUT2D eigenvalue weighted by Gasteiger charge is 2.24. The highest BCUT2D eigenvalue weighted by molar-refractivity contribution is 5.92. The fraction of sp³-hybridized carbons (Fsp3) is 0.438. The Morgan fingerprint density at radius 3 is 2.86 bits per heavy atom. The van der Waals surface area contributed by atoms with E-state index in [1.807, 2.05) is 0 Å². The van der Waals surface area contributed by atoms with E-state index in [2.05, 4.69) is 22.2 Å². The molecule has 0 saturated heterocycles. The molecule has 0 aliphatic heterocycles. The maximum Gasteiger partial charge on any atom is 0.287 e. The number of amides is 1. The van der Waals surface area contributed by atoms with E-state index in [9.17, 15) is 9.59 Å². The lowest BCUT2D eigenvalue weighted by Crippen LogP contribution is -2.42. The number of aromatic amines is 1. The number of para-hydroxylation sites is 1. The van der Waals surface area contributed by atoms with Gasteiger partial charge in [0.2, 0.25) is 0 Å². The molecule has 1 saturated carbocycles. The maximum atomic E-state index is 12.3. The molecule has 1 fully saturated rings. The van der Waals surface area contributed by atoms with Crippen molar-refractivity contribution in [2.24, 2.45) is 5.92 Å². The molecule has 0 bridgehead atoms. The number of fused-ring (bicyclic) bond motifs is 1. The number of hydrogen-bond donors (Lipinski definition) is 2. The van der Waals surface area contributed by atoms with Crippen molar-refractivity contribution in [3.8, 4) is 0 Å². The number of aromatic nitrogens is 2. The van der Waals surface area contributed by atoms with Crippen LogP contribution in [0.2, 0.25) is 0 Å². The first-order valence-electron chi connectivity index (χ1n) is 7.45. The van der Waals surface area contributed by atoms with E-state index in [-0.39, 0.29) is 23.3 Å². The van der Waals surface area contributed by atoms with Crippen LogP contribution in [0.15, 0.2) is 29.1 Å². The predicted molar refractivity (Wildman–Crippen MR) is 81.2 cm³/mol. The van der Waals surface area contributed by atoms with Crippen molar-refractivity contribution in [3.63, 3.8) is 0 Å². The third-order valence-corrected chi connectivity index (χ3v) is 4.26. The number of rotatable bonds is 2. The van der Waals surface area contributed by atoms with Gasteiger partial charge in [0.15, 0.2) is 5.82 Å². The zero-order valence-electron chi connectivity index (χ0n) is 12.1. The monoisotopic (exact) mass is 285 g/mol. The summed E-state index contributed by atoms with van der Waals surface area (Å²) >= 11 is 0. The van der Waals surface area contributed by atoms with Crippen LogP contribution < -0.4 is 10.9 Å². The van der Waals surface area contributed by atoms with E-state index in [0.29, 0.717) is 16.8 Å². The van der Waals surface area contributed by atoms with Crippen molar-refractivity contribution in [3.05, 3.63) is 40.4 Å². The summed E-state index contributed by atoms with van der Waals surface area (Å²) in [5.41, 5.74) is 0.269. The van der Waals surface area contributed by atoms with Crippen LogP contribution in [0.3, 0.4) is 0 Å². The van der Waals surface area contributed by atoms with Crippen molar-refractivity contribution >= 4 is 16.8 Å². The van der Waals surface area contributed by atoms with E-state index in [1.165, 1.54) is 6.42 Å². The second kappa shape index (κ2) is 5.68. The quantitative estimate of drug-likeness (QED) is 0.888. The lowest BCUT2D eigenvalue weighted by Gasteiger charge is -2.29. The van der Waals surface area contributed by atoms with Gasteiger partial charge >= 0.3 is 0 Å². The summed E-state index contributed by atoms with van der Waals surface area (Å²) in [6.45, 7) is 2.15. The highest BCUT2D eigenvalue weighted by Crippen LogP contribution is 2.23. The molecule has 1 aromatic carbocycles. The molecule has 2 N–H and O–H groups in total. The first-order valence-corrected chi connectivity index (χ1v) is 7.45. The number of benzene rings is 1. The van der Waals surface area contributed by atoms with Gasteiger partial charge < -0.3 is 10.3 Å². The van der Waals surface area contributed by atoms with Gasteiger partial charge in [-0.2, -0.15) is 0 Å². The van der Waals surface area contributed by atoms with Crippen LogP contribution in [0.5, 0.6) is 0 Å². The molecule has 5 nitrogen and oxygen atoms in total. The lowest BCUT2D eigenvalue weighted by atomic mass is 9.86. The molecule has 2 aromatic rings. The summed E-state index contributed by atoms with van der Waals surface area (Å²) in [4.78, 5) is 31.1. The Labute approximate surface area is 122 Å². The Bertz CT molecular complexity index is 723. The molecule has 1 heterocycles. The normalized spacial score (nSPS) is 22.1. The van der Waals surface area contributed by atoms with Crippen molar-refractivity contribution in [2.75, 3.05) is 0 Å². The standard InChI is InChI=1S/C16H19N3O2/c1-10-6-2-4-8-12(10)18-16(21)14-17-13-9-5-3-7-11(13)15(20)19-14/h3,5,7,9-10,12H,2,4,6,8H2,1H3,(H,18,21)(H,17,19,20)/t10-,12+/m1/s1. The fourth-order valence-electron chi connectivity index (χ4n) is 2.96. The van der Waals surface area contributed by atoms with Gasteiger partial charge in [-0.3, -0.25) is 9.59 Å². The Morgan fingerprint density at radius 2 is 2.05 bits per heavy atom. The number of carbonyl (C=O) groups excluding carboxylic acids is 1. The molecule has 3 rings (SSSR count). The third kappa shape index (κ3) is 2.82. The highest BCUT2D eigenvalue weighted by atomic mass is 16.2. The smallest absolute Gasteiger partial charge is 0.287 e. The average molecular weight is 285 g/mol. The molecule has 1 aliphatic carbocycles. The minimum Gasteiger partial charge on any atom is -0.346 e. The van der Waals surface area contributed by atoms with Gasteiger partial charge in [0.05, 0.1) is 10.9 Å². The molecule has 0 spiro atoms. The summed E-state index contributed by atoms with van der Waals surface area (Å²) in [5.74, 6) is 0.267. The minimum absolute atomic E-state index is 0.0940. The molecule has 1 amide bonds. The maximum absolute atomic E-state index is 12.3. The van der Waals surface area contributed by atoms with Crippen LogP contribution in [0.4, 0.5) is 0 Å². The summed E-state index contributed by atoms with van der Waals surface area (Å²) in [7, 11) is 0. The molecule has 5 heteroatoms. The van der Waals surface area contributed by atoms with Crippen LogP contribution >= 0.6 is 0 Å². The van der Waals surface area contributed by atoms with Gasteiger partial charge in [-0.1, -0.05) is 31.9 Å². The Morgan fingerprint density at radius 1 is 1.29 bits per heavy atom. The molecular weight excluding hydrogens is 266 g/mol. The summed E-state index contributed by atoms with van der Waals surface area (Å²) in [6, 6.07) is 7.20. The van der Waals surface area contributed by atoms with Crippen molar-refractivity contribution in [1.29, 1.82) is 0 Å². The topological polar surface area (TPSA) is 74.8 Å². The van der Waals surface area contributed by atoms with Crippen molar-refractivity contribution < 1.29 is 4.79 Å². The molecular formula is C16H19N3O2. The van der Waals surface area contributed by atoms with Gasteiger partial charge in [0, 0.05) is 6.04 Å². The van der Waals surface area contributed by atoms with Gasteiger partial charge in [-0.05, 0) is 30.9 Å². The zero-order valence-corrected chi connectivity index (χ0v) is 12.1. The largest absolute Gasteiger partial charge is 0.346 e. The van der Waals surface area contributed by atoms with Crippen LogP contribution in [-0.4, -0.2) is 21.9 Å². The number of nitrogens with zero attached hydrogens (tertiary/aromatic N) is 1. The van der Waals surface area contributed by atoms with Crippen molar-refractivity contribution in [2.45, 2.75) is 38.6 Å². The van der Waals surface area contributed by atoms with Crippen LogP contribution in [0, 0.1) is 5.92 Å². The van der Waals surface area contributed by atoms with E-state index < -0.39 is 0 Å². The SMILES string of the molecule is C[C@@H]1CCCC[C@@H]1NC(=O)c1nc2ccccc2c(=O)[nH]1. The average Bonchev–Trinajstić information content (AvgIpc) is 2.49. The zero-order chi connectivity index (χ0) is 14.8. The Hall–Kier alpha value is -2.17. The van der Waals surface area contributed by atoms with E-state index in [0.717, 1.165) is 19.3 Å². The predicted octanol–water partition coefficient (Wildman–Crippen LogP) is 2.23. The van der Waals surface area contributed by atoms with Crippen LogP contribution in [-0.2, 0) is 0 Å². The molecule has 0 unspecified atom stereocenters. The minimum atomic E-state index is -0.295. The molecule has 0 radical (unpaired) electrons. The molecule has 21 heavy (non-hydrogen) atoms. The van der Waals surface area contributed by atoms with Gasteiger partial charge in [-0.15, -0.1) is 0 Å². The summed E-state index contributed by atoms with van der Waals surface area (Å²) in [5, 5.41) is 3.51. The van der Waals surface area contributed by atoms with E-state index in [1.54, 1.807) is 24.3 Å². The molecule has 2 atom stereocenters. The Balaban J connectivity index is 1.86. The van der Waals surface area contributed by atoms with Crippen molar-refractivity contribution in [1.82, 2.24) is 15.3 Å². The van der Waals surface area contributed by atoms with Crippen LogP contribution in [0.1, 0.15) is 43.2 Å². The van der Waals surface area contributed by atoms with E-state index in [4.69, 9.17) is 0 Å². The van der Waals surface area contributed by atoms with E-state index >= 15 is 0 Å². The van der Waals surface area contributed by atoms with Gasteiger partial charge in [0.25, 0.3) is 11.5 Å². The number of carbonyl (C=O) groups is 1. The first kappa shape index (κ1) is 13.8. The second-order valence-electron chi connectivity index (χ2n) is 5.77. The summed E-state index contributed by atoms with van der Waals surface area (Å²) in [6.07, 6.45) is 4.48. The first-order chi connectivity index (χ1) is 10.1. The number of nitrogens with one attached hydrogen (secondary N) is 2. The second-order valence-corrected chi connectivity index (χ2v) is 5.77. The molecule has 110 valence electrons. The number of H-pyrrole nitrogens is 1. The molecule has 1 aromatic heterocycles. The van der Waals surface area contributed by atoms with Crippen LogP contribution in [0.25, 0.3) is 10.9 Å². The molecule has 1 aliphatic rings. The fourth-order valence-corrected chi connectivity index (χ4v) is 2.96.